The van der Waals surface area contributed by atoms with Crippen LogP contribution in [0.2, 0.25) is 0 Å². The van der Waals surface area contributed by atoms with Gasteiger partial charge in [0.1, 0.15) is 0 Å². The summed E-state index contributed by atoms with van der Waals surface area (Å²) < 4.78 is 0. The highest BCUT2D eigenvalue weighted by Gasteiger charge is 2.30. The van der Waals surface area contributed by atoms with Gasteiger partial charge < -0.3 is 10.4 Å². The molecule has 1 aromatic carbocycles. The van der Waals surface area contributed by atoms with Gasteiger partial charge in [0.05, 0.1) is 6.10 Å². The molecular formula is C20H33N3O. The van der Waals surface area contributed by atoms with Gasteiger partial charge in [-0.3, -0.25) is 9.80 Å². The number of hydrogen-bond acceptors (Lipinski definition) is 4. The Balaban J connectivity index is 1.57. The Kier molecular flexibility index (Phi) is 5.80. The maximum atomic E-state index is 9.64. The molecule has 1 aromatic rings. The van der Waals surface area contributed by atoms with Gasteiger partial charge in [0.15, 0.2) is 0 Å². The molecule has 0 unspecified atom stereocenters. The first-order valence-corrected chi connectivity index (χ1v) is 9.51. The van der Waals surface area contributed by atoms with Crippen LogP contribution in [0.1, 0.15) is 39.2 Å². The highest BCUT2D eigenvalue weighted by Crippen LogP contribution is 2.23. The molecule has 0 saturated carbocycles. The molecule has 0 aliphatic carbocycles. The fourth-order valence-corrected chi connectivity index (χ4v) is 3.92. The Morgan fingerprint density at radius 1 is 1.21 bits per heavy atom. The van der Waals surface area contributed by atoms with Crippen molar-refractivity contribution >= 4 is 5.69 Å². The summed E-state index contributed by atoms with van der Waals surface area (Å²) in [4.78, 5) is 5.01. The maximum Gasteiger partial charge on any atom is 0.0564 e. The van der Waals surface area contributed by atoms with Gasteiger partial charge in [-0.05, 0) is 50.3 Å². The summed E-state index contributed by atoms with van der Waals surface area (Å²) in [6, 6.07) is 10.0. The minimum atomic E-state index is -0.0954. The van der Waals surface area contributed by atoms with Crippen LogP contribution in [0.3, 0.4) is 0 Å². The van der Waals surface area contributed by atoms with Gasteiger partial charge in [0.2, 0.25) is 0 Å². The normalized spacial score (nSPS) is 27.0. The van der Waals surface area contributed by atoms with E-state index in [9.17, 15) is 5.11 Å². The van der Waals surface area contributed by atoms with Crippen molar-refractivity contribution in [3.05, 3.63) is 29.8 Å². The van der Waals surface area contributed by atoms with E-state index in [0.29, 0.717) is 18.0 Å². The number of nitrogens with zero attached hydrogens (tertiary/aromatic N) is 2. The molecule has 2 saturated heterocycles. The Morgan fingerprint density at radius 3 is 2.62 bits per heavy atom. The van der Waals surface area contributed by atoms with Crippen LogP contribution in [0, 0.1) is 5.92 Å². The summed E-state index contributed by atoms with van der Waals surface area (Å²) in [5.41, 5.74) is 2.61. The molecule has 2 fully saturated rings. The lowest BCUT2D eigenvalue weighted by Gasteiger charge is -2.29. The van der Waals surface area contributed by atoms with E-state index in [4.69, 9.17) is 0 Å². The molecule has 0 spiro atoms. The Labute approximate surface area is 146 Å². The van der Waals surface area contributed by atoms with E-state index in [0.717, 1.165) is 39.0 Å². The highest BCUT2D eigenvalue weighted by molar-refractivity contribution is 5.47. The fraction of sp³-hybridized carbons (Fsp3) is 0.700. The second kappa shape index (κ2) is 7.85. The number of aliphatic hydroxyl groups is 1. The van der Waals surface area contributed by atoms with Gasteiger partial charge in [-0.1, -0.05) is 19.1 Å². The van der Waals surface area contributed by atoms with Crippen LogP contribution in [0.5, 0.6) is 0 Å². The van der Waals surface area contributed by atoms with Crippen LogP contribution in [0.25, 0.3) is 0 Å². The minimum Gasteiger partial charge on any atom is -0.393 e. The lowest BCUT2D eigenvalue weighted by Crippen LogP contribution is -2.35. The largest absolute Gasteiger partial charge is 0.393 e. The van der Waals surface area contributed by atoms with Crippen molar-refractivity contribution in [3.63, 3.8) is 0 Å². The molecule has 0 aromatic heterocycles. The standard InChI is InChI=1S/C20H33N3O/c1-15(2)23-12-16(3)20(14-23)21-18-6-4-5-17(11-18)13-22-9-7-19(24)8-10-22/h4-6,11,15-16,19-21,24H,7-10,12-14H2,1-3H3/t16-,20+/m1/s1. The van der Waals surface area contributed by atoms with Gasteiger partial charge in [0, 0.05) is 50.5 Å². The number of benzene rings is 1. The van der Waals surface area contributed by atoms with E-state index in [1.807, 2.05) is 0 Å². The summed E-state index contributed by atoms with van der Waals surface area (Å²) in [5, 5.41) is 13.4. The zero-order chi connectivity index (χ0) is 17.1. The van der Waals surface area contributed by atoms with Gasteiger partial charge in [0.25, 0.3) is 0 Å². The Hall–Kier alpha value is -1.10. The second-order valence-electron chi connectivity index (χ2n) is 7.98. The van der Waals surface area contributed by atoms with Crippen molar-refractivity contribution in [2.45, 2.75) is 58.3 Å². The SMILES string of the molecule is CC(C)N1C[C@@H](C)[C@@H](Nc2cccc(CN3CCC(O)CC3)c2)C1. The van der Waals surface area contributed by atoms with Crippen LogP contribution in [-0.4, -0.2) is 59.3 Å². The van der Waals surface area contributed by atoms with E-state index in [2.05, 4.69) is 60.2 Å². The fourth-order valence-electron chi connectivity index (χ4n) is 3.92. The number of nitrogens with one attached hydrogen (secondary N) is 1. The number of piperidine rings is 1. The van der Waals surface area contributed by atoms with Crippen LogP contribution in [-0.2, 0) is 6.54 Å². The predicted molar refractivity (Wildman–Crippen MR) is 100 cm³/mol. The number of hydrogen-bond donors (Lipinski definition) is 2. The summed E-state index contributed by atoms with van der Waals surface area (Å²) in [5.74, 6) is 0.680. The molecule has 4 heteroatoms. The Morgan fingerprint density at radius 2 is 1.96 bits per heavy atom. The lowest BCUT2D eigenvalue weighted by molar-refractivity contribution is 0.0792. The average Bonchev–Trinajstić information content (AvgIpc) is 2.91. The van der Waals surface area contributed by atoms with Crippen molar-refractivity contribution in [1.82, 2.24) is 9.80 Å². The molecule has 24 heavy (non-hydrogen) atoms. The number of likely N-dealkylation sites (tertiary alicyclic amines) is 2. The zero-order valence-electron chi connectivity index (χ0n) is 15.4. The molecule has 3 rings (SSSR count). The molecule has 0 bridgehead atoms. The van der Waals surface area contributed by atoms with E-state index >= 15 is 0 Å². The minimum absolute atomic E-state index is 0.0954. The highest BCUT2D eigenvalue weighted by atomic mass is 16.3. The lowest BCUT2D eigenvalue weighted by atomic mass is 10.1. The average molecular weight is 332 g/mol. The molecule has 2 heterocycles. The second-order valence-corrected chi connectivity index (χ2v) is 7.98. The number of aliphatic hydroxyl groups excluding tert-OH is 1. The molecule has 0 radical (unpaired) electrons. The monoisotopic (exact) mass is 331 g/mol. The van der Waals surface area contributed by atoms with E-state index in [-0.39, 0.29) is 6.10 Å². The van der Waals surface area contributed by atoms with Gasteiger partial charge >= 0.3 is 0 Å². The number of rotatable bonds is 5. The molecule has 0 amide bonds. The van der Waals surface area contributed by atoms with E-state index in [1.54, 1.807) is 0 Å². The summed E-state index contributed by atoms with van der Waals surface area (Å²) in [6.45, 7) is 12.2. The smallest absolute Gasteiger partial charge is 0.0564 e. The third-order valence-corrected chi connectivity index (χ3v) is 5.61. The first kappa shape index (κ1) is 17.7. The topological polar surface area (TPSA) is 38.7 Å². The van der Waals surface area contributed by atoms with Crippen molar-refractivity contribution in [2.24, 2.45) is 5.92 Å². The number of anilines is 1. The summed E-state index contributed by atoms with van der Waals surface area (Å²) >= 11 is 0. The van der Waals surface area contributed by atoms with E-state index in [1.165, 1.54) is 17.8 Å². The summed E-state index contributed by atoms with van der Waals surface area (Å²) in [7, 11) is 0. The van der Waals surface area contributed by atoms with Gasteiger partial charge in [-0.25, -0.2) is 0 Å². The predicted octanol–water partition coefficient (Wildman–Crippen LogP) is 2.78. The third kappa shape index (κ3) is 4.50. The molecular weight excluding hydrogens is 298 g/mol. The molecule has 2 atom stereocenters. The van der Waals surface area contributed by atoms with Crippen molar-refractivity contribution in [2.75, 3.05) is 31.5 Å². The van der Waals surface area contributed by atoms with Crippen LogP contribution >= 0.6 is 0 Å². The molecule has 2 aliphatic heterocycles. The molecule has 2 aliphatic rings. The summed E-state index contributed by atoms with van der Waals surface area (Å²) in [6.07, 6.45) is 1.72. The van der Waals surface area contributed by atoms with Crippen LogP contribution in [0.15, 0.2) is 24.3 Å². The van der Waals surface area contributed by atoms with Crippen molar-refractivity contribution in [1.29, 1.82) is 0 Å². The van der Waals surface area contributed by atoms with Crippen LogP contribution < -0.4 is 5.32 Å². The van der Waals surface area contributed by atoms with Crippen LogP contribution in [0.4, 0.5) is 5.69 Å². The van der Waals surface area contributed by atoms with Gasteiger partial charge in [-0.2, -0.15) is 0 Å². The maximum absolute atomic E-state index is 9.64. The first-order valence-electron chi connectivity index (χ1n) is 9.51. The first-order chi connectivity index (χ1) is 11.5. The van der Waals surface area contributed by atoms with Crippen molar-refractivity contribution < 1.29 is 5.11 Å². The molecule has 2 N–H and O–H groups in total. The quantitative estimate of drug-likeness (QED) is 0.870. The van der Waals surface area contributed by atoms with Gasteiger partial charge in [-0.15, -0.1) is 0 Å². The van der Waals surface area contributed by atoms with Crippen molar-refractivity contribution in [3.8, 4) is 0 Å². The zero-order valence-corrected chi connectivity index (χ0v) is 15.4. The van der Waals surface area contributed by atoms with E-state index < -0.39 is 0 Å². The third-order valence-electron chi connectivity index (χ3n) is 5.61. The Bertz CT molecular complexity index is 525. The molecule has 134 valence electrons. The molecule has 4 nitrogen and oxygen atoms in total.